The summed E-state index contributed by atoms with van der Waals surface area (Å²) >= 11 is 1.49. The normalized spacial score (nSPS) is 15.3. The van der Waals surface area contributed by atoms with Crippen molar-refractivity contribution in [1.82, 2.24) is 19.7 Å². The van der Waals surface area contributed by atoms with Gasteiger partial charge >= 0.3 is 0 Å². The number of nitrogens with zero attached hydrogens (tertiary/aromatic N) is 4. The zero-order valence-corrected chi connectivity index (χ0v) is 17.7. The molecule has 3 aromatic rings. The molecule has 0 saturated carbocycles. The van der Waals surface area contributed by atoms with E-state index in [1.807, 2.05) is 46.8 Å². The number of benzene rings is 2. The van der Waals surface area contributed by atoms with Crippen molar-refractivity contribution in [3.05, 3.63) is 65.7 Å². The minimum atomic E-state index is -0.317. The second-order valence-electron chi connectivity index (χ2n) is 7.53. The molecule has 1 fully saturated rings. The Hall–Kier alpha value is -2.60. The fourth-order valence-corrected chi connectivity index (χ4v) is 4.73. The molecule has 4 rings (SSSR count). The van der Waals surface area contributed by atoms with Crippen molar-refractivity contribution in [3.63, 3.8) is 0 Å². The van der Waals surface area contributed by atoms with Crippen LogP contribution in [-0.4, -0.2) is 38.7 Å². The summed E-state index contributed by atoms with van der Waals surface area (Å²) in [6.07, 6.45) is 3.37. The fraction of sp³-hybridized carbons (Fsp3) is 0.348. The summed E-state index contributed by atoms with van der Waals surface area (Å²) in [5.41, 5.74) is 3.24. The van der Waals surface area contributed by atoms with Crippen molar-refractivity contribution >= 4 is 17.7 Å². The highest BCUT2D eigenvalue weighted by atomic mass is 32.2. The lowest BCUT2D eigenvalue weighted by atomic mass is 10.1. The van der Waals surface area contributed by atoms with Crippen LogP contribution in [0.5, 0.6) is 0 Å². The third-order valence-corrected chi connectivity index (χ3v) is 6.64. The predicted molar refractivity (Wildman–Crippen MR) is 117 cm³/mol. The summed E-state index contributed by atoms with van der Waals surface area (Å²) in [7, 11) is 1.96. The van der Waals surface area contributed by atoms with Crippen LogP contribution in [0.4, 0.5) is 0 Å². The zero-order chi connectivity index (χ0) is 20.2. The largest absolute Gasteiger partial charge is 0.341 e. The summed E-state index contributed by atoms with van der Waals surface area (Å²) in [4.78, 5) is 15.4. The molecule has 0 bridgehead atoms. The SMILES string of the molecule is Cc1ccc(-c2nnc(S[C@H](C(=O)N3CCCCC3)c3ccccc3)n2C)cc1. The molecule has 29 heavy (non-hydrogen) atoms. The number of aryl methyl sites for hydroxylation is 1. The Morgan fingerprint density at radius 1 is 0.966 bits per heavy atom. The third-order valence-electron chi connectivity index (χ3n) is 5.36. The van der Waals surface area contributed by atoms with Gasteiger partial charge in [-0.05, 0) is 31.7 Å². The van der Waals surface area contributed by atoms with Crippen LogP contribution < -0.4 is 0 Å². The maximum Gasteiger partial charge on any atom is 0.240 e. The highest BCUT2D eigenvalue weighted by Gasteiger charge is 2.29. The maximum atomic E-state index is 13.4. The molecular weight excluding hydrogens is 380 g/mol. The molecule has 0 spiro atoms. The molecule has 1 aliphatic heterocycles. The molecule has 1 atom stereocenters. The molecule has 5 nitrogen and oxygen atoms in total. The highest BCUT2D eigenvalue weighted by molar-refractivity contribution is 8.00. The standard InChI is InChI=1S/C23H26N4OS/c1-17-11-13-19(14-12-17)21-24-25-23(26(21)2)29-20(18-9-5-3-6-10-18)22(28)27-15-7-4-8-16-27/h3,5-6,9-14,20H,4,7-8,15-16H2,1-2H3/t20-/m0/s1. The molecule has 1 amide bonds. The van der Waals surface area contributed by atoms with E-state index in [-0.39, 0.29) is 11.2 Å². The summed E-state index contributed by atoms with van der Waals surface area (Å²) in [5.74, 6) is 0.977. The van der Waals surface area contributed by atoms with Crippen LogP contribution in [0, 0.1) is 6.92 Å². The Labute approximate surface area is 176 Å². The van der Waals surface area contributed by atoms with Crippen LogP contribution in [-0.2, 0) is 11.8 Å². The molecular formula is C23H26N4OS. The molecule has 1 aromatic heterocycles. The van der Waals surface area contributed by atoms with E-state index in [1.54, 1.807) is 0 Å². The second-order valence-corrected chi connectivity index (χ2v) is 8.60. The summed E-state index contributed by atoms with van der Waals surface area (Å²) < 4.78 is 1.98. The molecule has 0 N–H and O–H groups in total. The number of hydrogen-bond donors (Lipinski definition) is 0. The summed E-state index contributed by atoms with van der Waals surface area (Å²) in [5, 5.41) is 9.25. The number of aromatic nitrogens is 3. The Morgan fingerprint density at radius 3 is 2.34 bits per heavy atom. The Morgan fingerprint density at radius 2 is 1.66 bits per heavy atom. The molecule has 0 aliphatic carbocycles. The third kappa shape index (κ3) is 4.37. The van der Waals surface area contributed by atoms with E-state index in [1.165, 1.54) is 23.7 Å². The first-order valence-electron chi connectivity index (χ1n) is 10.1. The van der Waals surface area contributed by atoms with Crippen LogP contribution in [0.25, 0.3) is 11.4 Å². The molecule has 150 valence electrons. The minimum Gasteiger partial charge on any atom is -0.341 e. The lowest BCUT2D eigenvalue weighted by Crippen LogP contribution is -2.38. The quantitative estimate of drug-likeness (QED) is 0.580. The van der Waals surface area contributed by atoms with Gasteiger partial charge < -0.3 is 9.47 Å². The van der Waals surface area contributed by atoms with Crippen LogP contribution in [0.1, 0.15) is 35.6 Å². The van der Waals surface area contributed by atoms with Crippen LogP contribution in [0.15, 0.2) is 59.8 Å². The fourth-order valence-electron chi connectivity index (χ4n) is 3.65. The highest BCUT2D eigenvalue weighted by Crippen LogP contribution is 2.37. The summed E-state index contributed by atoms with van der Waals surface area (Å²) in [6.45, 7) is 3.75. The van der Waals surface area contributed by atoms with Gasteiger partial charge in [0, 0.05) is 25.7 Å². The van der Waals surface area contributed by atoms with Gasteiger partial charge in [0.2, 0.25) is 5.91 Å². The van der Waals surface area contributed by atoms with Crippen molar-refractivity contribution in [2.45, 2.75) is 36.6 Å². The van der Waals surface area contributed by atoms with Crippen LogP contribution >= 0.6 is 11.8 Å². The number of piperidine rings is 1. The second kappa shape index (κ2) is 8.82. The number of hydrogen-bond acceptors (Lipinski definition) is 4. The molecule has 6 heteroatoms. The predicted octanol–water partition coefficient (Wildman–Crippen LogP) is 4.64. The average molecular weight is 407 g/mol. The molecule has 2 heterocycles. The topological polar surface area (TPSA) is 51.0 Å². The van der Waals surface area contributed by atoms with Crippen molar-refractivity contribution in [1.29, 1.82) is 0 Å². The molecule has 1 saturated heterocycles. The molecule has 0 unspecified atom stereocenters. The number of carbonyl (C=O) groups excluding carboxylic acids is 1. The lowest BCUT2D eigenvalue weighted by molar-refractivity contribution is -0.131. The minimum absolute atomic E-state index is 0.167. The van der Waals surface area contributed by atoms with E-state index < -0.39 is 0 Å². The molecule has 0 radical (unpaired) electrons. The van der Waals surface area contributed by atoms with Crippen LogP contribution in [0.3, 0.4) is 0 Å². The van der Waals surface area contributed by atoms with Gasteiger partial charge in [-0.3, -0.25) is 4.79 Å². The van der Waals surface area contributed by atoms with Gasteiger partial charge in [0.05, 0.1) is 0 Å². The smallest absolute Gasteiger partial charge is 0.240 e. The maximum absolute atomic E-state index is 13.4. The van der Waals surface area contributed by atoms with E-state index in [0.717, 1.165) is 48.0 Å². The van der Waals surface area contributed by atoms with Crippen molar-refractivity contribution in [2.24, 2.45) is 7.05 Å². The van der Waals surface area contributed by atoms with Crippen molar-refractivity contribution in [3.8, 4) is 11.4 Å². The van der Waals surface area contributed by atoms with Gasteiger partial charge in [-0.15, -0.1) is 10.2 Å². The number of likely N-dealkylation sites (tertiary alicyclic amines) is 1. The van der Waals surface area contributed by atoms with E-state index in [9.17, 15) is 4.79 Å². The van der Waals surface area contributed by atoms with Gasteiger partial charge in [-0.25, -0.2) is 0 Å². The van der Waals surface area contributed by atoms with Crippen molar-refractivity contribution < 1.29 is 4.79 Å². The zero-order valence-electron chi connectivity index (χ0n) is 16.9. The number of carbonyl (C=O) groups is 1. The van der Waals surface area contributed by atoms with Gasteiger partial charge in [0.15, 0.2) is 11.0 Å². The Kier molecular flexibility index (Phi) is 6.00. The van der Waals surface area contributed by atoms with Gasteiger partial charge in [-0.2, -0.15) is 0 Å². The Bertz CT molecular complexity index is 962. The van der Waals surface area contributed by atoms with Gasteiger partial charge in [0.25, 0.3) is 0 Å². The van der Waals surface area contributed by atoms with Crippen molar-refractivity contribution in [2.75, 3.05) is 13.1 Å². The first kappa shape index (κ1) is 19.7. The first-order chi connectivity index (χ1) is 14.1. The summed E-state index contributed by atoms with van der Waals surface area (Å²) in [6, 6.07) is 18.3. The number of amides is 1. The average Bonchev–Trinajstić information content (AvgIpc) is 3.13. The van der Waals surface area contributed by atoms with E-state index in [0.29, 0.717) is 0 Å². The van der Waals surface area contributed by atoms with E-state index in [4.69, 9.17) is 0 Å². The van der Waals surface area contributed by atoms with E-state index in [2.05, 4.69) is 41.4 Å². The first-order valence-corrected chi connectivity index (χ1v) is 11.0. The molecule has 1 aliphatic rings. The Balaban J connectivity index is 1.62. The lowest BCUT2D eigenvalue weighted by Gasteiger charge is -2.30. The van der Waals surface area contributed by atoms with Gasteiger partial charge in [0.1, 0.15) is 5.25 Å². The van der Waals surface area contributed by atoms with Crippen LogP contribution in [0.2, 0.25) is 0 Å². The molecule has 2 aromatic carbocycles. The van der Waals surface area contributed by atoms with E-state index >= 15 is 0 Å². The van der Waals surface area contributed by atoms with Gasteiger partial charge in [-0.1, -0.05) is 71.9 Å². The monoisotopic (exact) mass is 406 g/mol. The number of rotatable bonds is 5. The number of thioether (sulfide) groups is 1.